The van der Waals surface area contributed by atoms with Gasteiger partial charge in [0, 0.05) is 43.6 Å². The Bertz CT molecular complexity index is 915. The van der Waals surface area contributed by atoms with E-state index in [1.54, 1.807) is 0 Å². The smallest absolute Gasteiger partial charge is 0.155 e. The maximum absolute atomic E-state index is 12.1. The van der Waals surface area contributed by atoms with E-state index in [1.807, 2.05) is 13.0 Å². The van der Waals surface area contributed by atoms with Crippen LogP contribution in [0.1, 0.15) is 98.8 Å². The van der Waals surface area contributed by atoms with Gasteiger partial charge in [-0.3, -0.25) is 9.69 Å². The van der Waals surface area contributed by atoms with Gasteiger partial charge in [0.05, 0.1) is 18.3 Å². The van der Waals surface area contributed by atoms with Crippen molar-refractivity contribution in [1.29, 1.82) is 5.41 Å². The Morgan fingerprint density at radius 3 is 2.67 bits per heavy atom. The van der Waals surface area contributed by atoms with E-state index >= 15 is 0 Å². The molecule has 2 saturated heterocycles. The second kappa shape index (κ2) is 9.61. The van der Waals surface area contributed by atoms with Crippen LogP contribution in [-0.4, -0.2) is 58.9 Å². The molecule has 202 valence electrons. The van der Waals surface area contributed by atoms with Gasteiger partial charge in [-0.1, -0.05) is 33.3 Å². The number of likely N-dealkylation sites (tertiary alicyclic amines) is 1. The Hall–Kier alpha value is -1.04. The minimum absolute atomic E-state index is 0.196. The van der Waals surface area contributed by atoms with Crippen LogP contribution in [0.5, 0.6) is 0 Å². The Morgan fingerprint density at radius 1 is 1.17 bits per heavy atom. The summed E-state index contributed by atoms with van der Waals surface area (Å²) >= 11 is 0. The highest BCUT2D eigenvalue weighted by Gasteiger charge is 2.59. The van der Waals surface area contributed by atoms with E-state index in [0.717, 1.165) is 69.7 Å². The number of allylic oxidation sites excluding steroid dienone is 2. The third kappa shape index (κ3) is 4.35. The van der Waals surface area contributed by atoms with Crippen molar-refractivity contribution in [2.45, 2.75) is 117 Å². The molecule has 0 aromatic carbocycles. The topological polar surface area (TPSA) is 73.6 Å². The number of ketones is 1. The molecular formula is C31H50N2O3. The number of hydrogen-bond donors (Lipinski definition) is 2. The molecule has 0 aromatic rings. The van der Waals surface area contributed by atoms with Crippen molar-refractivity contribution in [3.63, 3.8) is 0 Å². The number of hydrogen-bond acceptors (Lipinski definition) is 5. The lowest BCUT2D eigenvalue weighted by Gasteiger charge is -2.50. The number of piperidine rings is 1. The van der Waals surface area contributed by atoms with Crippen molar-refractivity contribution in [1.82, 2.24) is 4.90 Å². The fourth-order valence-corrected chi connectivity index (χ4v) is 9.78. The van der Waals surface area contributed by atoms with Gasteiger partial charge in [-0.05, 0) is 93.0 Å². The fourth-order valence-electron chi connectivity index (χ4n) is 9.78. The summed E-state index contributed by atoms with van der Waals surface area (Å²) in [7, 11) is 0. The van der Waals surface area contributed by atoms with Gasteiger partial charge in [-0.25, -0.2) is 0 Å². The van der Waals surface area contributed by atoms with Crippen LogP contribution < -0.4 is 0 Å². The third-order valence-electron chi connectivity index (χ3n) is 11.7. The lowest BCUT2D eigenvalue weighted by Crippen LogP contribution is -2.52. The number of aliphatic hydroxyl groups excluding tert-OH is 1. The number of ether oxygens (including phenoxy) is 1. The second-order valence-electron chi connectivity index (χ2n) is 14.0. The lowest BCUT2D eigenvalue weighted by atomic mass is 9.54. The van der Waals surface area contributed by atoms with E-state index in [1.165, 1.54) is 24.8 Å². The molecule has 2 heterocycles. The summed E-state index contributed by atoms with van der Waals surface area (Å²) in [5, 5.41) is 18.2. The number of nitrogens with one attached hydrogen (secondary N) is 1. The molecule has 3 aliphatic carbocycles. The van der Waals surface area contributed by atoms with Crippen molar-refractivity contribution in [2.75, 3.05) is 19.7 Å². The average molecular weight is 499 g/mol. The van der Waals surface area contributed by atoms with Crippen molar-refractivity contribution in [2.24, 2.45) is 34.5 Å². The van der Waals surface area contributed by atoms with E-state index in [2.05, 4.69) is 32.6 Å². The van der Waals surface area contributed by atoms with Crippen molar-refractivity contribution < 1.29 is 14.6 Å². The molecule has 5 aliphatic rings. The maximum atomic E-state index is 12.1. The first-order valence-electron chi connectivity index (χ1n) is 14.8. The fraction of sp³-hybridized carbons (Fsp3) is 0.871. The molecular weight excluding hydrogens is 448 g/mol. The summed E-state index contributed by atoms with van der Waals surface area (Å²) in [5.74, 6) is 2.68. The summed E-state index contributed by atoms with van der Waals surface area (Å²) in [6, 6.07) is 0.345. The number of fused-ring (bicyclic) bond motifs is 4. The van der Waals surface area contributed by atoms with Crippen LogP contribution >= 0.6 is 0 Å². The van der Waals surface area contributed by atoms with Gasteiger partial charge >= 0.3 is 0 Å². The van der Waals surface area contributed by atoms with Crippen LogP contribution in [0.15, 0.2) is 11.6 Å². The van der Waals surface area contributed by atoms with Crippen molar-refractivity contribution >= 4 is 11.5 Å². The molecule has 5 nitrogen and oxygen atoms in total. The van der Waals surface area contributed by atoms with Gasteiger partial charge in [-0.2, -0.15) is 0 Å². The molecule has 36 heavy (non-hydrogen) atoms. The molecule has 2 saturated carbocycles. The maximum Gasteiger partial charge on any atom is 0.155 e. The molecule has 2 unspecified atom stereocenters. The number of rotatable bonds is 7. The van der Waals surface area contributed by atoms with Gasteiger partial charge in [-0.15, -0.1) is 0 Å². The van der Waals surface area contributed by atoms with Crippen molar-refractivity contribution in [3.05, 3.63) is 11.6 Å². The van der Waals surface area contributed by atoms with E-state index < -0.39 is 0 Å². The van der Waals surface area contributed by atoms with Crippen LogP contribution in [0.25, 0.3) is 0 Å². The summed E-state index contributed by atoms with van der Waals surface area (Å²) in [5.41, 5.74) is 2.41. The summed E-state index contributed by atoms with van der Waals surface area (Å²) in [6.45, 7) is 13.6. The summed E-state index contributed by atoms with van der Waals surface area (Å²) < 4.78 is 7.07. The Morgan fingerprint density at radius 2 is 1.94 bits per heavy atom. The van der Waals surface area contributed by atoms with Gasteiger partial charge in [0.25, 0.3) is 0 Å². The highest BCUT2D eigenvalue weighted by atomic mass is 16.5. The quantitative estimate of drug-likeness (QED) is 0.436. The molecule has 0 amide bonds. The normalized spacial score (nSPS) is 46.7. The van der Waals surface area contributed by atoms with Crippen molar-refractivity contribution in [3.8, 4) is 0 Å². The molecule has 0 bridgehead atoms. The molecule has 0 aromatic heterocycles. The minimum atomic E-state index is -0.277. The molecule has 2 aliphatic heterocycles. The highest BCUT2D eigenvalue weighted by Crippen LogP contribution is 2.65. The predicted octanol–water partition coefficient (Wildman–Crippen LogP) is 5.79. The van der Waals surface area contributed by atoms with Gasteiger partial charge in [0.2, 0.25) is 0 Å². The third-order valence-corrected chi connectivity index (χ3v) is 11.7. The Labute approximate surface area is 218 Å². The number of β-amino-alcohol motifs (C(OH)–C–C–N with tert-alkyl or cyclic N) is 1. The molecule has 2 N–H and O–H groups in total. The highest BCUT2D eigenvalue weighted by molar-refractivity contribution is 5.91. The van der Waals surface area contributed by atoms with E-state index in [0.29, 0.717) is 35.0 Å². The minimum Gasteiger partial charge on any atom is -0.395 e. The predicted molar refractivity (Wildman–Crippen MR) is 144 cm³/mol. The molecule has 0 spiro atoms. The van der Waals surface area contributed by atoms with E-state index in [9.17, 15) is 9.90 Å². The number of aliphatic hydroxyl groups is 1. The number of carbonyl (C=O) groups is 1. The van der Waals surface area contributed by atoms with Gasteiger partial charge in [0.1, 0.15) is 0 Å². The first-order chi connectivity index (χ1) is 17.0. The average Bonchev–Trinajstić information content (AvgIpc) is 3.28. The van der Waals surface area contributed by atoms with Crippen LogP contribution in [0, 0.1) is 39.9 Å². The first-order valence-corrected chi connectivity index (χ1v) is 14.8. The SMILES string of the molecule is CC(=N)C[C@]1(CCC2(C)CC[C@H]3C2CCC2=CC(=O)CC[C@@]23C)O[C@@H]2C[C@H](C)CN(CCO)[C@H]2[C@H]1C. The van der Waals surface area contributed by atoms with Crippen LogP contribution in [0.2, 0.25) is 0 Å². The summed E-state index contributed by atoms with van der Waals surface area (Å²) in [6.07, 6.45) is 12.8. The molecule has 5 rings (SSSR count). The molecule has 9 atom stereocenters. The molecule has 4 fully saturated rings. The van der Waals surface area contributed by atoms with Gasteiger partial charge in [0.15, 0.2) is 5.78 Å². The van der Waals surface area contributed by atoms with Crippen LogP contribution in [0.3, 0.4) is 0 Å². The number of nitrogens with zero attached hydrogens (tertiary/aromatic N) is 1. The zero-order chi connectivity index (χ0) is 25.9. The standard InChI is InChI=1S/C31H50N2O3/c1-20-16-27-28(33(19-20)14-15-34)22(3)31(36-27,18-21(2)32)13-12-29(4)10-9-26-25(29)7-6-23-17-24(35)8-11-30(23,26)5/h17,20,22,25-28,32,34H,6-16,18-19H2,1-5H3/t20-,22+,25?,26-,27+,28-,29?,30-,31-/m0/s1. The van der Waals surface area contributed by atoms with E-state index in [4.69, 9.17) is 10.1 Å². The zero-order valence-electron chi connectivity index (χ0n) is 23.4. The van der Waals surface area contributed by atoms with E-state index in [-0.39, 0.29) is 23.7 Å². The molecule has 0 radical (unpaired) electrons. The van der Waals surface area contributed by atoms with Crippen LogP contribution in [-0.2, 0) is 9.53 Å². The Balaban J connectivity index is 1.36. The second-order valence-corrected chi connectivity index (χ2v) is 14.0. The molecule has 5 heteroatoms. The largest absolute Gasteiger partial charge is 0.395 e. The summed E-state index contributed by atoms with van der Waals surface area (Å²) in [4.78, 5) is 14.6. The van der Waals surface area contributed by atoms with Crippen LogP contribution in [0.4, 0.5) is 0 Å². The van der Waals surface area contributed by atoms with Gasteiger partial charge < -0.3 is 15.3 Å². The first kappa shape index (κ1) is 26.6. The number of carbonyl (C=O) groups excluding carboxylic acids is 1. The Kier molecular flexibility index (Phi) is 7.09. The monoisotopic (exact) mass is 498 g/mol. The zero-order valence-corrected chi connectivity index (χ0v) is 23.4. The lowest BCUT2D eigenvalue weighted by molar-refractivity contribution is -0.116.